The maximum absolute atomic E-state index is 5.52. The summed E-state index contributed by atoms with van der Waals surface area (Å²) in [5.41, 5.74) is 5.44. The zero-order chi connectivity index (χ0) is 9.80. The molecule has 2 rings (SSSR count). The van der Waals surface area contributed by atoms with Crippen LogP contribution in [0.25, 0.3) is 0 Å². The van der Waals surface area contributed by atoms with Gasteiger partial charge in [-0.2, -0.15) is 0 Å². The van der Waals surface area contributed by atoms with E-state index in [1.807, 2.05) is 0 Å². The second kappa shape index (κ2) is 4.47. The van der Waals surface area contributed by atoms with Crippen molar-refractivity contribution in [1.82, 2.24) is 20.2 Å². The first kappa shape index (κ1) is 9.54. The third-order valence-corrected chi connectivity index (χ3v) is 2.35. The fraction of sp³-hybridized carbons (Fsp3) is 0.875. The molecule has 2 heterocycles. The van der Waals surface area contributed by atoms with Crippen LogP contribution >= 0.6 is 0 Å². The molecule has 0 amide bonds. The van der Waals surface area contributed by atoms with Crippen molar-refractivity contribution >= 4 is 0 Å². The highest BCUT2D eigenvalue weighted by atomic mass is 16.5. The maximum Gasteiger partial charge on any atom is 0.180 e. The summed E-state index contributed by atoms with van der Waals surface area (Å²) in [4.78, 5) is 0. The lowest BCUT2D eigenvalue weighted by Crippen LogP contribution is -2.12. The smallest absolute Gasteiger partial charge is 0.180 e. The Morgan fingerprint density at radius 2 is 2.50 bits per heavy atom. The first-order chi connectivity index (χ1) is 6.92. The molecule has 1 saturated heterocycles. The monoisotopic (exact) mass is 197 g/mol. The van der Waals surface area contributed by atoms with E-state index in [2.05, 4.69) is 15.5 Å². The fourth-order valence-corrected chi connectivity index (χ4v) is 1.62. The molecule has 0 bridgehead atoms. The fourth-order valence-electron chi connectivity index (χ4n) is 1.62. The minimum absolute atomic E-state index is 0.0859. The zero-order valence-electron chi connectivity index (χ0n) is 8.09. The van der Waals surface area contributed by atoms with Gasteiger partial charge in [0.15, 0.2) is 5.82 Å². The Balaban J connectivity index is 2.04. The Morgan fingerprint density at radius 3 is 3.21 bits per heavy atom. The van der Waals surface area contributed by atoms with E-state index in [9.17, 15) is 0 Å². The van der Waals surface area contributed by atoms with Crippen molar-refractivity contribution in [3.8, 4) is 0 Å². The van der Waals surface area contributed by atoms with E-state index in [4.69, 9.17) is 10.5 Å². The second-order valence-electron chi connectivity index (χ2n) is 3.40. The number of nitrogens with two attached hydrogens (primary N) is 1. The second-order valence-corrected chi connectivity index (χ2v) is 3.40. The Morgan fingerprint density at radius 1 is 1.57 bits per heavy atom. The van der Waals surface area contributed by atoms with E-state index in [-0.39, 0.29) is 6.10 Å². The molecule has 1 aliphatic heterocycles. The highest BCUT2D eigenvalue weighted by Gasteiger charge is 2.23. The SMILES string of the molecule is NCCCn1nnnc1C1CCCO1. The van der Waals surface area contributed by atoms with Gasteiger partial charge >= 0.3 is 0 Å². The average molecular weight is 197 g/mol. The van der Waals surface area contributed by atoms with Crippen LogP contribution in [0.4, 0.5) is 0 Å². The number of tetrazole rings is 1. The predicted molar refractivity (Wildman–Crippen MR) is 49.4 cm³/mol. The van der Waals surface area contributed by atoms with Gasteiger partial charge in [0.1, 0.15) is 6.10 Å². The van der Waals surface area contributed by atoms with Crippen molar-refractivity contribution < 1.29 is 4.74 Å². The quantitative estimate of drug-likeness (QED) is 0.727. The molecule has 0 radical (unpaired) electrons. The number of ether oxygens (including phenoxy) is 1. The number of aromatic nitrogens is 4. The standard InChI is InChI=1S/C8H15N5O/c9-4-2-5-13-8(10-11-12-13)7-3-1-6-14-7/h7H,1-6,9H2. The first-order valence-corrected chi connectivity index (χ1v) is 4.99. The van der Waals surface area contributed by atoms with Crippen molar-refractivity contribution in [1.29, 1.82) is 0 Å². The lowest BCUT2D eigenvalue weighted by molar-refractivity contribution is 0.101. The first-order valence-electron chi connectivity index (χ1n) is 4.99. The predicted octanol–water partition coefficient (Wildman–Crippen LogP) is -0.127. The molecule has 1 fully saturated rings. The highest BCUT2D eigenvalue weighted by Crippen LogP contribution is 2.26. The number of rotatable bonds is 4. The molecule has 2 N–H and O–H groups in total. The van der Waals surface area contributed by atoms with E-state index >= 15 is 0 Å². The summed E-state index contributed by atoms with van der Waals surface area (Å²) in [6.07, 6.45) is 3.09. The van der Waals surface area contributed by atoms with E-state index in [1.54, 1.807) is 4.68 Å². The summed E-state index contributed by atoms with van der Waals surface area (Å²) >= 11 is 0. The van der Waals surface area contributed by atoms with Crippen LogP contribution < -0.4 is 5.73 Å². The third-order valence-electron chi connectivity index (χ3n) is 2.35. The van der Waals surface area contributed by atoms with Gasteiger partial charge in [-0.1, -0.05) is 0 Å². The topological polar surface area (TPSA) is 78.9 Å². The van der Waals surface area contributed by atoms with Crippen molar-refractivity contribution in [3.63, 3.8) is 0 Å². The van der Waals surface area contributed by atoms with Gasteiger partial charge in [-0.15, -0.1) is 5.10 Å². The van der Waals surface area contributed by atoms with Gasteiger partial charge in [0, 0.05) is 13.2 Å². The van der Waals surface area contributed by atoms with Gasteiger partial charge in [-0.05, 0) is 36.2 Å². The van der Waals surface area contributed by atoms with Crippen LogP contribution in [-0.4, -0.2) is 33.4 Å². The molecule has 6 heteroatoms. The molecule has 14 heavy (non-hydrogen) atoms. The van der Waals surface area contributed by atoms with Crippen LogP contribution in [0, 0.1) is 0 Å². The molecule has 1 unspecified atom stereocenters. The molecule has 1 aromatic heterocycles. The van der Waals surface area contributed by atoms with E-state index < -0.39 is 0 Å². The van der Waals surface area contributed by atoms with Crippen LogP contribution in [-0.2, 0) is 11.3 Å². The number of nitrogens with zero attached hydrogens (tertiary/aromatic N) is 4. The van der Waals surface area contributed by atoms with Crippen LogP contribution in [0.1, 0.15) is 31.2 Å². The molecule has 1 aliphatic rings. The van der Waals surface area contributed by atoms with Gasteiger partial charge in [0.05, 0.1) is 0 Å². The number of hydrogen-bond acceptors (Lipinski definition) is 5. The third kappa shape index (κ3) is 1.91. The molecule has 0 spiro atoms. The van der Waals surface area contributed by atoms with Crippen molar-refractivity contribution in [3.05, 3.63) is 5.82 Å². The van der Waals surface area contributed by atoms with Crippen molar-refractivity contribution in [2.75, 3.05) is 13.2 Å². The Bertz CT molecular complexity index is 281. The minimum Gasteiger partial charge on any atom is -0.370 e. The summed E-state index contributed by atoms with van der Waals surface area (Å²) < 4.78 is 7.32. The minimum atomic E-state index is 0.0859. The Labute approximate surface area is 82.4 Å². The van der Waals surface area contributed by atoms with Gasteiger partial charge in [-0.3, -0.25) is 0 Å². The summed E-state index contributed by atoms with van der Waals surface area (Å²) in [7, 11) is 0. The summed E-state index contributed by atoms with van der Waals surface area (Å²) in [6, 6.07) is 0. The molecule has 6 nitrogen and oxygen atoms in total. The van der Waals surface area contributed by atoms with Crippen LogP contribution in [0.2, 0.25) is 0 Å². The number of hydrogen-bond donors (Lipinski definition) is 1. The molecular weight excluding hydrogens is 182 g/mol. The average Bonchev–Trinajstić information content (AvgIpc) is 2.84. The molecule has 1 aromatic rings. The van der Waals surface area contributed by atoms with Gasteiger partial charge in [0.25, 0.3) is 0 Å². The Hall–Kier alpha value is -1.01. The summed E-state index contributed by atoms with van der Waals surface area (Å²) in [5, 5.41) is 11.6. The highest BCUT2D eigenvalue weighted by molar-refractivity contribution is 4.90. The molecule has 1 atom stereocenters. The van der Waals surface area contributed by atoms with Crippen LogP contribution in [0.5, 0.6) is 0 Å². The van der Waals surface area contributed by atoms with E-state index in [0.29, 0.717) is 6.54 Å². The normalized spacial score (nSPS) is 21.6. The van der Waals surface area contributed by atoms with Crippen molar-refractivity contribution in [2.24, 2.45) is 5.73 Å². The van der Waals surface area contributed by atoms with Crippen LogP contribution in [0.15, 0.2) is 0 Å². The molecule has 0 saturated carbocycles. The summed E-state index contributed by atoms with van der Waals surface area (Å²) in [5.74, 6) is 0.843. The molecule has 0 aromatic carbocycles. The summed E-state index contributed by atoms with van der Waals surface area (Å²) in [6.45, 7) is 2.25. The Kier molecular flexibility index (Phi) is 3.05. The largest absolute Gasteiger partial charge is 0.370 e. The lowest BCUT2D eigenvalue weighted by Gasteiger charge is -2.08. The van der Waals surface area contributed by atoms with Gasteiger partial charge in [0.2, 0.25) is 0 Å². The molecular formula is C8H15N5O. The number of aryl methyl sites for hydroxylation is 1. The van der Waals surface area contributed by atoms with E-state index in [1.165, 1.54) is 0 Å². The zero-order valence-corrected chi connectivity index (χ0v) is 8.09. The van der Waals surface area contributed by atoms with E-state index in [0.717, 1.165) is 38.2 Å². The molecule has 0 aliphatic carbocycles. The van der Waals surface area contributed by atoms with Crippen molar-refractivity contribution in [2.45, 2.75) is 31.9 Å². The van der Waals surface area contributed by atoms with Gasteiger partial charge < -0.3 is 10.5 Å². The van der Waals surface area contributed by atoms with Crippen LogP contribution in [0.3, 0.4) is 0 Å². The molecule has 78 valence electrons. The van der Waals surface area contributed by atoms with Gasteiger partial charge in [-0.25, -0.2) is 4.68 Å². The lowest BCUT2D eigenvalue weighted by atomic mass is 10.2. The maximum atomic E-state index is 5.52.